The first-order valence-corrected chi connectivity index (χ1v) is 7.09. The molecule has 0 saturated carbocycles. The van der Waals surface area contributed by atoms with Crippen molar-refractivity contribution < 1.29 is 38.1 Å². The summed E-state index contributed by atoms with van der Waals surface area (Å²) < 4.78 is 26.8. The third-order valence-electron chi connectivity index (χ3n) is 3.60. The van der Waals surface area contributed by atoms with Crippen LogP contribution in [0.2, 0.25) is 0 Å². The smallest absolute Gasteiger partial charge is 0.303 e. The zero-order chi connectivity index (χ0) is 16.3. The second kappa shape index (κ2) is 6.62. The summed E-state index contributed by atoms with van der Waals surface area (Å²) in [5, 5.41) is 0. The first-order valence-electron chi connectivity index (χ1n) is 7.09. The van der Waals surface area contributed by atoms with Crippen molar-refractivity contribution in [2.75, 3.05) is 13.2 Å². The second-order valence-corrected chi connectivity index (χ2v) is 5.44. The lowest BCUT2D eigenvalue weighted by Gasteiger charge is -2.43. The molecule has 22 heavy (non-hydrogen) atoms. The summed E-state index contributed by atoms with van der Waals surface area (Å²) in [6.07, 6.45) is -1.42. The third-order valence-corrected chi connectivity index (χ3v) is 3.60. The Balaban J connectivity index is 2.15. The molecular weight excluding hydrogens is 296 g/mol. The van der Waals surface area contributed by atoms with Gasteiger partial charge in [0.1, 0.15) is 18.8 Å². The maximum absolute atomic E-state index is 11.4. The molecule has 2 saturated heterocycles. The molecule has 2 fully saturated rings. The van der Waals surface area contributed by atoms with E-state index in [4.69, 9.17) is 23.7 Å². The van der Waals surface area contributed by atoms with Crippen molar-refractivity contribution >= 4 is 17.9 Å². The summed E-state index contributed by atoms with van der Waals surface area (Å²) in [5.41, 5.74) is -0.974. The molecule has 0 aliphatic carbocycles. The Morgan fingerprint density at radius 1 is 1.14 bits per heavy atom. The number of hydrogen-bond donors (Lipinski definition) is 0. The molecule has 0 N–H and O–H groups in total. The first kappa shape index (κ1) is 16.7. The van der Waals surface area contributed by atoms with E-state index in [1.54, 1.807) is 0 Å². The predicted octanol–water partition coefficient (Wildman–Crippen LogP) is 0.318. The molecule has 2 heterocycles. The lowest BCUT2D eigenvalue weighted by Crippen LogP contribution is -2.57. The van der Waals surface area contributed by atoms with Gasteiger partial charge in [-0.25, -0.2) is 0 Å². The van der Waals surface area contributed by atoms with Gasteiger partial charge in [-0.3, -0.25) is 14.4 Å². The fourth-order valence-electron chi connectivity index (χ4n) is 2.79. The maximum atomic E-state index is 11.4. The molecule has 4 atom stereocenters. The van der Waals surface area contributed by atoms with Crippen molar-refractivity contribution in [1.29, 1.82) is 0 Å². The number of esters is 3. The Morgan fingerprint density at radius 3 is 2.45 bits per heavy atom. The molecule has 0 spiro atoms. The van der Waals surface area contributed by atoms with Crippen LogP contribution in [0, 0.1) is 0 Å². The molecule has 8 heteroatoms. The highest BCUT2D eigenvalue weighted by atomic mass is 16.7. The number of rotatable bonds is 4. The molecule has 0 aromatic heterocycles. The zero-order valence-electron chi connectivity index (χ0n) is 12.8. The van der Waals surface area contributed by atoms with Crippen LogP contribution in [-0.4, -0.2) is 55.2 Å². The number of hydrogen-bond acceptors (Lipinski definition) is 8. The fourth-order valence-corrected chi connectivity index (χ4v) is 2.79. The molecule has 0 amide bonds. The molecule has 8 nitrogen and oxygen atoms in total. The van der Waals surface area contributed by atoms with E-state index in [0.29, 0.717) is 13.0 Å². The predicted molar refractivity (Wildman–Crippen MR) is 70.5 cm³/mol. The Morgan fingerprint density at radius 2 is 1.86 bits per heavy atom. The third kappa shape index (κ3) is 3.75. The monoisotopic (exact) mass is 316 g/mol. The lowest BCUT2D eigenvalue weighted by atomic mass is 9.88. The van der Waals surface area contributed by atoms with Crippen LogP contribution in [-0.2, 0) is 38.1 Å². The van der Waals surface area contributed by atoms with Crippen LogP contribution in [0.15, 0.2) is 0 Å². The van der Waals surface area contributed by atoms with Gasteiger partial charge < -0.3 is 23.7 Å². The highest BCUT2D eigenvalue weighted by molar-refractivity contribution is 5.67. The molecular formula is C14H20O8. The van der Waals surface area contributed by atoms with Gasteiger partial charge in [0.05, 0.1) is 6.61 Å². The van der Waals surface area contributed by atoms with Crippen LogP contribution in [0.3, 0.4) is 0 Å². The number of carbonyl (C=O) groups excluding carboxylic acids is 3. The van der Waals surface area contributed by atoms with Gasteiger partial charge in [0, 0.05) is 33.6 Å². The van der Waals surface area contributed by atoms with E-state index in [1.165, 1.54) is 20.8 Å². The zero-order valence-corrected chi connectivity index (χ0v) is 12.8. The van der Waals surface area contributed by atoms with Crippen molar-refractivity contribution in [2.24, 2.45) is 0 Å². The van der Waals surface area contributed by atoms with Gasteiger partial charge >= 0.3 is 17.9 Å². The van der Waals surface area contributed by atoms with E-state index in [1.807, 2.05) is 0 Å². The lowest BCUT2D eigenvalue weighted by molar-refractivity contribution is -0.282. The van der Waals surface area contributed by atoms with Crippen molar-refractivity contribution in [2.45, 2.75) is 57.7 Å². The molecule has 0 aromatic carbocycles. The van der Waals surface area contributed by atoms with Gasteiger partial charge in [0.2, 0.25) is 0 Å². The summed E-state index contributed by atoms with van der Waals surface area (Å²) in [5.74, 6) is -1.41. The van der Waals surface area contributed by atoms with Gasteiger partial charge in [-0.15, -0.1) is 0 Å². The van der Waals surface area contributed by atoms with Gasteiger partial charge in [0.25, 0.3) is 0 Å². The van der Waals surface area contributed by atoms with E-state index >= 15 is 0 Å². The molecule has 2 aliphatic heterocycles. The number of carbonyl (C=O) groups is 3. The van der Waals surface area contributed by atoms with Crippen LogP contribution in [0.1, 0.15) is 33.6 Å². The average Bonchev–Trinajstić information content (AvgIpc) is 2.76. The van der Waals surface area contributed by atoms with Gasteiger partial charge in [-0.2, -0.15) is 0 Å². The Labute approximate surface area is 128 Å². The standard InChI is InChI=1S/C14H20O8/c1-8(15)19-7-12-11(20-9(2)16)6-14(22-10(3)17)4-5-18-13(14)21-12/h11-13H,4-7H2,1-3H3/t11-,12+,13-,14+/m0/s1. The molecule has 0 aromatic rings. The molecule has 0 unspecified atom stereocenters. The van der Waals surface area contributed by atoms with Crippen LogP contribution in [0.25, 0.3) is 0 Å². The molecule has 0 radical (unpaired) electrons. The molecule has 0 bridgehead atoms. The summed E-state index contributed by atoms with van der Waals surface area (Å²) in [6.45, 7) is 4.15. The van der Waals surface area contributed by atoms with Crippen LogP contribution in [0.5, 0.6) is 0 Å². The van der Waals surface area contributed by atoms with Crippen LogP contribution < -0.4 is 0 Å². The normalized spacial score (nSPS) is 33.7. The minimum absolute atomic E-state index is 0.0662. The molecule has 2 rings (SSSR count). The summed E-state index contributed by atoms with van der Waals surface area (Å²) >= 11 is 0. The van der Waals surface area contributed by atoms with Gasteiger partial charge in [-0.05, 0) is 0 Å². The topological polar surface area (TPSA) is 97.4 Å². The second-order valence-electron chi connectivity index (χ2n) is 5.44. The minimum atomic E-state index is -0.974. The summed E-state index contributed by atoms with van der Waals surface area (Å²) in [6, 6.07) is 0. The van der Waals surface area contributed by atoms with Crippen LogP contribution in [0.4, 0.5) is 0 Å². The SMILES string of the molecule is CC(=O)OC[C@H]1O[C@@H]2OCC[C@@]2(OC(C)=O)C[C@@H]1OC(C)=O. The van der Waals surface area contributed by atoms with Crippen LogP contribution >= 0.6 is 0 Å². The highest BCUT2D eigenvalue weighted by Crippen LogP contribution is 2.41. The number of fused-ring (bicyclic) bond motifs is 1. The van der Waals surface area contributed by atoms with E-state index in [9.17, 15) is 14.4 Å². The Kier molecular flexibility index (Phi) is 5.02. The van der Waals surface area contributed by atoms with E-state index < -0.39 is 42.0 Å². The first-order chi connectivity index (χ1) is 10.3. The fraction of sp³-hybridized carbons (Fsp3) is 0.786. The maximum Gasteiger partial charge on any atom is 0.303 e. The van der Waals surface area contributed by atoms with Crippen molar-refractivity contribution in [1.82, 2.24) is 0 Å². The highest BCUT2D eigenvalue weighted by Gasteiger charge is 2.56. The van der Waals surface area contributed by atoms with Crippen molar-refractivity contribution in [3.05, 3.63) is 0 Å². The van der Waals surface area contributed by atoms with Crippen molar-refractivity contribution in [3.63, 3.8) is 0 Å². The Bertz CT molecular complexity index is 462. The van der Waals surface area contributed by atoms with Gasteiger partial charge in [0.15, 0.2) is 11.9 Å². The van der Waals surface area contributed by atoms with Gasteiger partial charge in [-0.1, -0.05) is 0 Å². The van der Waals surface area contributed by atoms with E-state index in [-0.39, 0.29) is 13.0 Å². The number of ether oxygens (including phenoxy) is 5. The molecule has 124 valence electrons. The molecule has 2 aliphatic rings. The minimum Gasteiger partial charge on any atom is -0.463 e. The summed E-state index contributed by atoms with van der Waals surface area (Å²) in [7, 11) is 0. The Hall–Kier alpha value is -1.67. The quantitative estimate of drug-likeness (QED) is 0.540. The van der Waals surface area contributed by atoms with E-state index in [0.717, 1.165) is 0 Å². The largest absolute Gasteiger partial charge is 0.463 e. The van der Waals surface area contributed by atoms with Crippen molar-refractivity contribution in [3.8, 4) is 0 Å². The average molecular weight is 316 g/mol. The van der Waals surface area contributed by atoms with E-state index in [2.05, 4.69) is 0 Å². The summed E-state index contributed by atoms with van der Waals surface area (Å²) in [4.78, 5) is 33.6.